The Bertz CT molecular complexity index is 694. The maximum Gasteiger partial charge on any atom is 0.307 e. The molecule has 108 valence electrons. The zero-order chi connectivity index (χ0) is 15.2. The Kier molecular flexibility index (Phi) is 5.30. The van der Waals surface area contributed by atoms with Crippen molar-refractivity contribution < 1.29 is 14.7 Å². The van der Waals surface area contributed by atoms with Crippen molar-refractivity contribution in [3.05, 3.63) is 56.7 Å². The minimum Gasteiger partial charge on any atom is -0.481 e. The summed E-state index contributed by atoms with van der Waals surface area (Å²) >= 11 is 4.89. The third kappa shape index (κ3) is 5.17. The van der Waals surface area contributed by atoms with Crippen LogP contribution in [0.25, 0.3) is 6.08 Å². The highest BCUT2D eigenvalue weighted by atomic mass is 79.9. The zero-order valence-corrected chi connectivity index (χ0v) is 13.3. The normalized spacial score (nSPS) is 10.7. The molecule has 2 N–H and O–H groups in total. The number of hydrogen-bond donors (Lipinski definition) is 2. The van der Waals surface area contributed by atoms with Gasteiger partial charge < -0.3 is 10.4 Å². The number of carbonyl (C=O) groups excluding carboxylic acids is 1. The molecule has 0 saturated carbocycles. The number of aliphatic carboxylic acids is 1. The molecule has 2 aromatic rings. The van der Waals surface area contributed by atoms with E-state index < -0.39 is 5.97 Å². The standard InChI is InChI=1S/C15H12BrNO3S/c16-13-6-4-12(21-13)5-7-14(18)17-11-3-1-2-10(8-11)9-15(19)20/h1-8H,9H2,(H,17,18)(H,19,20). The fourth-order valence-corrected chi connectivity index (χ4v) is 3.02. The molecule has 1 aromatic heterocycles. The van der Waals surface area contributed by atoms with Gasteiger partial charge in [0, 0.05) is 16.6 Å². The lowest BCUT2D eigenvalue weighted by Crippen LogP contribution is -2.08. The summed E-state index contributed by atoms with van der Waals surface area (Å²) in [5.41, 5.74) is 1.22. The van der Waals surface area contributed by atoms with Crippen LogP contribution in [0.5, 0.6) is 0 Å². The fourth-order valence-electron chi connectivity index (χ4n) is 1.69. The molecule has 2 rings (SSSR count). The van der Waals surface area contributed by atoms with E-state index in [1.807, 2.05) is 12.1 Å². The van der Waals surface area contributed by atoms with E-state index in [0.717, 1.165) is 8.66 Å². The molecule has 0 aliphatic heterocycles. The molecule has 0 aliphatic carbocycles. The summed E-state index contributed by atoms with van der Waals surface area (Å²) in [5, 5.41) is 11.5. The molecular weight excluding hydrogens is 354 g/mol. The second kappa shape index (κ2) is 7.19. The van der Waals surface area contributed by atoms with Gasteiger partial charge >= 0.3 is 5.97 Å². The molecular formula is C15H12BrNO3S. The molecule has 0 aliphatic rings. The molecule has 1 amide bonds. The first-order valence-corrected chi connectivity index (χ1v) is 7.69. The summed E-state index contributed by atoms with van der Waals surface area (Å²) in [5.74, 6) is -1.16. The van der Waals surface area contributed by atoms with E-state index in [9.17, 15) is 9.59 Å². The van der Waals surface area contributed by atoms with Gasteiger partial charge in [0.05, 0.1) is 10.2 Å². The monoisotopic (exact) mass is 365 g/mol. The number of anilines is 1. The van der Waals surface area contributed by atoms with Crippen LogP contribution >= 0.6 is 27.3 Å². The number of benzene rings is 1. The van der Waals surface area contributed by atoms with E-state index >= 15 is 0 Å². The summed E-state index contributed by atoms with van der Waals surface area (Å²) in [6.45, 7) is 0. The Balaban J connectivity index is 1.99. The lowest BCUT2D eigenvalue weighted by Gasteiger charge is -2.04. The van der Waals surface area contributed by atoms with Gasteiger partial charge in [-0.2, -0.15) is 0 Å². The number of carboxylic acid groups (broad SMARTS) is 1. The van der Waals surface area contributed by atoms with Crippen LogP contribution in [0, 0.1) is 0 Å². The van der Waals surface area contributed by atoms with Crippen LogP contribution in [0.1, 0.15) is 10.4 Å². The van der Waals surface area contributed by atoms with E-state index in [-0.39, 0.29) is 12.3 Å². The van der Waals surface area contributed by atoms with E-state index in [0.29, 0.717) is 11.3 Å². The molecule has 0 spiro atoms. The number of amides is 1. The Morgan fingerprint density at radius 2 is 2.10 bits per heavy atom. The van der Waals surface area contributed by atoms with Crippen LogP contribution < -0.4 is 5.32 Å². The molecule has 0 unspecified atom stereocenters. The van der Waals surface area contributed by atoms with Crippen molar-refractivity contribution in [2.24, 2.45) is 0 Å². The first-order chi connectivity index (χ1) is 10.0. The molecule has 21 heavy (non-hydrogen) atoms. The SMILES string of the molecule is O=C(O)Cc1cccc(NC(=O)C=Cc2ccc(Br)s2)c1. The van der Waals surface area contributed by atoms with Crippen LogP contribution in [0.4, 0.5) is 5.69 Å². The molecule has 0 saturated heterocycles. The number of halogens is 1. The number of nitrogens with one attached hydrogen (secondary N) is 1. The van der Waals surface area contributed by atoms with Crippen molar-refractivity contribution in [1.29, 1.82) is 0 Å². The summed E-state index contributed by atoms with van der Waals surface area (Å²) < 4.78 is 1.00. The predicted molar refractivity (Wildman–Crippen MR) is 87.5 cm³/mol. The van der Waals surface area contributed by atoms with Crippen molar-refractivity contribution in [1.82, 2.24) is 0 Å². The number of hydrogen-bond acceptors (Lipinski definition) is 3. The lowest BCUT2D eigenvalue weighted by atomic mass is 10.1. The largest absolute Gasteiger partial charge is 0.481 e. The summed E-state index contributed by atoms with van der Waals surface area (Å²) in [6, 6.07) is 10.6. The maximum atomic E-state index is 11.8. The van der Waals surface area contributed by atoms with Crippen molar-refractivity contribution in [2.45, 2.75) is 6.42 Å². The topological polar surface area (TPSA) is 66.4 Å². The van der Waals surface area contributed by atoms with Crippen LogP contribution in [-0.2, 0) is 16.0 Å². The third-order valence-electron chi connectivity index (χ3n) is 2.54. The first kappa shape index (κ1) is 15.5. The van der Waals surface area contributed by atoms with Gasteiger partial charge in [-0.15, -0.1) is 11.3 Å². The lowest BCUT2D eigenvalue weighted by molar-refractivity contribution is -0.136. The van der Waals surface area contributed by atoms with E-state index in [1.165, 1.54) is 17.4 Å². The average molecular weight is 366 g/mol. The second-order valence-corrected chi connectivity index (χ2v) is 6.73. The van der Waals surface area contributed by atoms with Crippen LogP contribution in [0.15, 0.2) is 46.3 Å². The molecule has 0 atom stereocenters. The van der Waals surface area contributed by atoms with E-state index in [4.69, 9.17) is 5.11 Å². The van der Waals surface area contributed by atoms with Gasteiger partial charge in [-0.3, -0.25) is 9.59 Å². The van der Waals surface area contributed by atoms with Gasteiger partial charge in [0.1, 0.15) is 0 Å². The third-order valence-corrected chi connectivity index (χ3v) is 4.13. The smallest absolute Gasteiger partial charge is 0.307 e. The molecule has 0 fully saturated rings. The Labute approximate surface area is 134 Å². The minimum absolute atomic E-state index is 0.0667. The molecule has 4 nitrogen and oxygen atoms in total. The summed E-state index contributed by atoms with van der Waals surface area (Å²) in [4.78, 5) is 23.4. The van der Waals surface area contributed by atoms with Gasteiger partial charge in [-0.25, -0.2) is 0 Å². The molecule has 1 aromatic carbocycles. The van der Waals surface area contributed by atoms with Gasteiger partial charge in [0.15, 0.2) is 0 Å². The van der Waals surface area contributed by atoms with Gasteiger partial charge in [0.2, 0.25) is 5.91 Å². The Morgan fingerprint density at radius 3 is 2.76 bits per heavy atom. The van der Waals surface area contributed by atoms with Gasteiger partial charge in [-0.1, -0.05) is 12.1 Å². The molecule has 6 heteroatoms. The van der Waals surface area contributed by atoms with Crippen molar-refractivity contribution >= 4 is 50.9 Å². The van der Waals surface area contributed by atoms with Crippen molar-refractivity contribution in [2.75, 3.05) is 5.32 Å². The molecule has 0 radical (unpaired) electrons. The highest BCUT2D eigenvalue weighted by Crippen LogP contribution is 2.23. The van der Waals surface area contributed by atoms with E-state index in [1.54, 1.807) is 30.3 Å². The number of carbonyl (C=O) groups is 2. The predicted octanol–water partition coefficient (Wildman–Crippen LogP) is 3.79. The van der Waals surface area contributed by atoms with Crippen LogP contribution in [0.3, 0.4) is 0 Å². The summed E-state index contributed by atoms with van der Waals surface area (Å²) in [6.07, 6.45) is 3.11. The average Bonchev–Trinajstić information content (AvgIpc) is 2.82. The Morgan fingerprint density at radius 1 is 1.29 bits per heavy atom. The van der Waals surface area contributed by atoms with Crippen LogP contribution in [-0.4, -0.2) is 17.0 Å². The quantitative estimate of drug-likeness (QED) is 0.792. The van der Waals surface area contributed by atoms with Crippen molar-refractivity contribution in [3.8, 4) is 0 Å². The minimum atomic E-state index is -0.901. The maximum absolute atomic E-state index is 11.8. The van der Waals surface area contributed by atoms with E-state index in [2.05, 4.69) is 21.2 Å². The number of carboxylic acids is 1. The van der Waals surface area contributed by atoms with Gasteiger partial charge in [-0.05, 0) is 51.8 Å². The summed E-state index contributed by atoms with van der Waals surface area (Å²) in [7, 11) is 0. The van der Waals surface area contributed by atoms with Gasteiger partial charge in [0.25, 0.3) is 0 Å². The Hall–Kier alpha value is -1.92. The van der Waals surface area contributed by atoms with Crippen molar-refractivity contribution in [3.63, 3.8) is 0 Å². The highest BCUT2D eigenvalue weighted by Gasteiger charge is 2.03. The van der Waals surface area contributed by atoms with Crippen LogP contribution in [0.2, 0.25) is 0 Å². The highest BCUT2D eigenvalue weighted by molar-refractivity contribution is 9.11. The first-order valence-electron chi connectivity index (χ1n) is 6.08. The fraction of sp³-hybridized carbons (Fsp3) is 0.0667. The number of thiophene rings is 1. The second-order valence-electron chi connectivity index (χ2n) is 4.24. The molecule has 1 heterocycles. The number of rotatable bonds is 5. The molecule has 0 bridgehead atoms. The zero-order valence-electron chi connectivity index (χ0n) is 10.9.